The number of hydrogen-bond donors (Lipinski definition) is 2. The molecule has 8 heteroatoms. The van der Waals surface area contributed by atoms with Gasteiger partial charge >= 0.3 is 6.03 Å². The van der Waals surface area contributed by atoms with Gasteiger partial charge < -0.3 is 15.0 Å². The number of methoxy groups -OCH3 is 1. The fourth-order valence-electron chi connectivity index (χ4n) is 2.48. The van der Waals surface area contributed by atoms with Crippen LogP contribution in [0.25, 0.3) is 0 Å². The van der Waals surface area contributed by atoms with Crippen molar-refractivity contribution in [3.8, 4) is 0 Å². The zero-order chi connectivity index (χ0) is 14.6. The number of piperidine rings is 1. The number of nitrogens with one attached hydrogen (secondary N) is 2. The predicted octanol–water partition coefficient (Wildman–Crippen LogP) is -0.433. The highest BCUT2D eigenvalue weighted by molar-refractivity contribution is 7.99. The normalized spacial score (nSPS) is 25.8. The van der Waals surface area contributed by atoms with Crippen LogP contribution in [-0.2, 0) is 14.3 Å². The Hall–Kier alpha value is -1.28. The third kappa shape index (κ3) is 3.24. The van der Waals surface area contributed by atoms with Crippen LogP contribution >= 0.6 is 11.8 Å². The van der Waals surface area contributed by atoms with E-state index in [0.29, 0.717) is 31.7 Å². The molecule has 2 heterocycles. The van der Waals surface area contributed by atoms with Crippen LogP contribution in [0.5, 0.6) is 0 Å². The maximum atomic E-state index is 12.1. The van der Waals surface area contributed by atoms with Gasteiger partial charge in [0.1, 0.15) is 5.54 Å². The Morgan fingerprint density at radius 2 is 2.30 bits per heavy atom. The summed E-state index contributed by atoms with van der Waals surface area (Å²) in [5.74, 6) is 0.805. The average molecular weight is 301 g/mol. The first-order chi connectivity index (χ1) is 9.57. The van der Waals surface area contributed by atoms with Gasteiger partial charge in [-0.05, 0) is 12.8 Å². The topological polar surface area (TPSA) is 87.7 Å². The van der Waals surface area contributed by atoms with Gasteiger partial charge in [0, 0.05) is 19.4 Å². The van der Waals surface area contributed by atoms with E-state index < -0.39 is 11.6 Å². The summed E-state index contributed by atoms with van der Waals surface area (Å²) in [6.07, 6.45) is 1.29. The summed E-state index contributed by atoms with van der Waals surface area (Å²) >= 11 is 1.51. The highest BCUT2D eigenvalue weighted by atomic mass is 32.2. The lowest BCUT2D eigenvalue weighted by Gasteiger charge is -2.38. The number of thioether (sulfide) groups is 1. The van der Waals surface area contributed by atoms with E-state index in [1.807, 2.05) is 0 Å². The number of carbonyl (C=O) groups is 3. The molecule has 2 aliphatic rings. The third-order valence-electron chi connectivity index (χ3n) is 3.52. The Labute approximate surface area is 121 Å². The summed E-state index contributed by atoms with van der Waals surface area (Å²) in [4.78, 5) is 36.9. The first kappa shape index (κ1) is 15.1. The maximum absolute atomic E-state index is 12.1. The standard InChI is InChI=1S/C12H19N3O4S/c1-19-5-6-20-7-9(16)15-4-2-3-12(8-15)10(17)13-11(18)14-12/h2-8H2,1H3,(H2,13,14,17,18). The van der Waals surface area contributed by atoms with E-state index in [0.717, 1.165) is 5.75 Å². The van der Waals surface area contributed by atoms with Gasteiger partial charge in [0.2, 0.25) is 5.91 Å². The first-order valence-electron chi connectivity index (χ1n) is 6.55. The predicted molar refractivity (Wildman–Crippen MR) is 74.4 cm³/mol. The van der Waals surface area contributed by atoms with Crippen molar-refractivity contribution in [2.24, 2.45) is 0 Å². The van der Waals surface area contributed by atoms with E-state index in [1.54, 1.807) is 12.0 Å². The van der Waals surface area contributed by atoms with Crippen LogP contribution in [0.3, 0.4) is 0 Å². The van der Waals surface area contributed by atoms with E-state index in [1.165, 1.54) is 11.8 Å². The Morgan fingerprint density at radius 1 is 1.50 bits per heavy atom. The largest absolute Gasteiger partial charge is 0.384 e. The van der Waals surface area contributed by atoms with Crippen LogP contribution in [0.1, 0.15) is 12.8 Å². The summed E-state index contributed by atoms with van der Waals surface area (Å²) in [7, 11) is 1.62. The second-order valence-corrected chi connectivity index (χ2v) is 6.06. The van der Waals surface area contributed by atoms with E-state index in [9.17, 15) is 14.4 Å². The molecule has 20 heavy (non-hydrogen) atoms. The van der Waals surface area contributed by atoms with Crippen LogP contribution in [0, 0.1) is 0 Å². The molecular weight excluding hydrogens is 282 g/mol. The smallest absolute Gasteiger partial charge is 0.322 e. The summed E-state index contributed by atoms with van der Waals surface area (Å²) < 4.78 is 4.92. The summed E-state index contributed by atoms with van der Waals surface area (Å²) in [6.45, 7) is 1.50. The van der Waals surface area contributed by atoms with Gasteiger partial charge in [-0.1, -0.05) is 0 Å². The number of nitrogens with zero attached hydrogens (tertiary/aromatic N) is 1. The van der Waals surface area contributed by atoms with Gasteiger partial charge in [-0.25, -0.2) is 4.79 Å². The molecule has 7 nitrogen and oxygen atoms in total. The molecule has 2 aliphatic heterocycles. The minimum Gasteiger partial charge on any atom is -0.384 e. The molecule has 1 unspecified atom stereocenters. The molecule has 1 spiro atoms. The van der Waals surface area contributed by atoms with Gasteiger partial charge in [0.15, 0.2) is 0 Å². The Bertz CT molecular complexity index is 418. The molecule has 1 atom stereocenters. The molecule has 2 saturated heterocycles. The van der Waals surface area contributed by atoms with E-state index in [4.69, 9.17) is 4.74 Å². The number of carbonyl (C=O) groups excluding carboxylic acids is 3. The fraction of sp³-hybridized carbons (Fsp3) is 0.750. The van der Waals surface area contributed by atoms with Crippen molar-refractivity contribution in [1.82, 2.24) is 15.5 Å². The Kier molecular flexibility index (Phi) is 4.87. The highest BCUT2D eigenvalue weighted by Crippen LogP contribution is 2.24. The van der Waals surface area contributed by atoms with Crippen molar-refractivity contribution in [1.29, 1.82) is 0 Å². The quantitative estimate of drug-likeness (QED) is 0.531. The molecule has 2 rings (SSSR count). The molecule has 0 aromatic rings. The molecule has 0 aliphatic carbocycles. The number of urea groups is 1. The van der Waals surface area contributed by atoms with Gasteiger partial charge in [-0.3, -0.25) is 14.9 Å². The number of amides is 4. The van der Waals surface area contributed by atoms with Crippen molar-refractivity contribution < 1.29 is 19.1 Å². The molecule has 0 saturated carbocycles. The number of hydrogen-bond acceptors (Lipinski definition) is 5. The lowest BCUT2D eigenvalue weighted by molar-refractivity contribution is -0.134. The lowest BCUT2D eigenvalue weighted by Crippen LogP contribution is -2.59. The minimum atomic E-state index is -0.928. The van der Waals surface area contributed by atoms with Crippen LogP contribution in [0.15, 0.2) is 0 Å². The molecule has 4 amide bonds. The monoisotopic (exact) mass is 301 g/mol. The second kappa shape index (κ2) is 6.45. The highest BCUT2D eigenvalue weighted by Gasteiger charge is 2.49. The Balaban J connectivity index is 1.88. The van der Waals surface area contributed by atoms with Gasteiger partial charge in [-0.15, -0.1) is 11.8 Å². The van der Waals surface area contributed by atoms with Gasteiger partial charge in [0.25, 0.3) is 5.91 Å². The van der Waals surface area contributed by atoms with Crippen LogP contribution in [0.4, 0.5) is 4.79 Å². The van der Waals surface area contributed by atoms with Crippen LogP contribution in [0.2, 0.25) is 0 Å². The SMILES string of the molecule is COCCSCC(=O)N1CCCC2(C1)NC(=O)NC2=O. The van der Waals surface area contributed by atoms with Crippen molar-refractivity contribution in [3.63, 3.8) is 0 Å². The lowest BCUT2D eigenvalue weighted by atomic mass is 9.89. The molecule has 0 radical (unpaired) electrons. The van der Waals surface area contributed by atoms with Crippen LogP contribution in [-0.4, -0.2) is 66.6 Å². The molecule has 0 aromatic carbocycles. The summed E-state index contributed by atoms with van der Waals surface area (Å²) in [5.41, 5.74) is -0.928. The van der Waals surface area contributed by atoms with Crippen molar-refractivity contribution in [2.75, 3.05) is 38.3 Å². The number of imide groups is 1. The first-order valence-corrected chi connectivity index (χ1v) is 7.71. The number of rotatable bonds is 5. The van der Waals surface area contributed by atoms with E-state index in [-0.39, 0.29) is 18.4 Å². The fourth-order valence-corrected chi connectivity index (χ4v) is 3.26. The number of likely N-dealkylation sites (tertiary alicyclic amines) is 1. The maximum Gasteiger partial charge on any atom is 0.322 e. The zero-order valence-corrected chi connectivity index (χ0v) is 12.3. The van der Waals surface area contributed by atoms with Crippen LogP contribution < -0.4 is 10.6 Å². The molecule has 112 valence electrons. The van der Waals surface area contributed by atoms with Gasteiger partial charge in [0.05, 0.1) is 18.9 Å². The minimum absolute atomic E-state index is 0.000808. The van der Waals surface area contributed by atoms with Crippen molar-refractivity contribution in [3.05, 3.63) is 0 Å². The third-order valence-corrected chi connectivity index (χ3v) is 4.42. The molecule has 2 fully saturated rings. The second-order valence-electron chi connectivity index (χ2n) is 4.95. The number of ether oxygens (including phenoxy) is 1. The van der Waals surface area contributed by atoms with Crippen molar-refractivity contribution >= 4 is 29.6 Å². The molecule has 0 bridgehead atoms. The van der Waals surface area contributed by atoms with Gasteiger partial charge in [-0.2, -0.15) is 0 Å². The molecule has 2 N–H and O–H groups in total. The molecular formula is C12H19N3O4S. The summed E-state index contributed by atoms with van der Waals surface area (Å²) in [6, 6.07) is -0.473. The summed E-state index contributed by atoms with van der Waals surface area (Å²) in [5, 5.41) is 4.91. The zero-order valence-electron chi connectivity index (χ0n) is 11.4. The molecule has 0 aromatic heterocycles. The van der Waals surface area contributed by atoms with Crippen molar-refractivity contribution in [2.45, 2.75) is 18.4 Å². The van der Waals surface area contributed by atoms with E-state index >= 15 is 0 Å². The van der Waals surface area contributed by atoms with E-state index in [2.05, 4.69) is 10.6 Å². The Morgan fingerprint density at radius 3 is 2.95 bits per heavy atom. The average Bonchev–Trinajstić information content (AvgIpc) is 2.68.